The molecule has 0 aliphatic heterocycles. The number of nitrogens with two attached hydrogens (primary N) is 1. The highest BCUT2D eigenvalue weighted by atomic mass is 127. The Hall–Kier alpha value is -2.05. The van der Waals surface area contributed by atoms with Gasteiger partial charge in [-0.3, -0.25) is 4.68 Å². The van der Waals surface area contributed by atoms with Crippen molar-refractivity contribution in [2.45, 2.75) is 12.9 Å². The minimum atomic E-state index is -4.72. The first-order chi connectivity index (χ1) is 10.3. The van der Waals surface area contributed by atoms with E-state index in [0.717, 1.165) is 0 Å². The quantitative estimate of drug-likeness (QED) is 0.431. The van der Waals surface area contributed by atoms with E-state index in [2.05, 4.69) is 25.1 Å². The van der Waals surface area contributed by atoms with E-state index in [4.69, 9.17) is 5.73 Å². The van der Waals surface area contributed by atoms with Crippen LogP contribution in [-0.4, -0.2) is 27.1 Å². The Balaban J connectivity index is 0.00000264. The molecule has 2 aromatic rings. The van der Waals surface area contributed by atoms with Gasteiger partial charge < -0.3 is 15.8 Å². The summed E-state index contributed by atoms with van der Waals surface area (Å²) < 4.78 is 41.4. The molecular formula is C12H14F3IN6O. The van der Waals surface area contributed by atoms with Crippen LogP contribution in [0.15, 0.2) is 35.6 Å². The van der Waals surface area contributed by atoms with Gasteiger partial charge in [0.05, 0.1) is 0 Å². The van der Waals surface area contributed by atoms with Crippen LogP contribution in [0.2, 0.25) is 0 Å². The number of benzene rings is 1. The minimum Gasteiger partial charge on any atom is -0.406 e. The van der Waals surface area contributed by atoms with Crippen LogP contribution >= 0.6 is 24.0 Å². The number of hydrogen-bond donors (Lipinski definition) is 2. The zero-order valence-electron chi connectivity index (χ0n) is 11.9. The van der Waals surface area contributed by atoms with Gasteiger partial charge in [0.15, 0.2) is 11.8 Å². The summed E-state index contributed by atoms with van der Waals surface area (Å²) in [5.74, 6) is 0.282. The molecule has 0 saturated carbocycles. The fraction of sp³-hybridized carbons (Fsp3) is 0.250. The van der Waals surface area contributed by atoms with Crippen molar-refractivity contribution in [1.82, 2.24) is 14.8 Å². The van der Waals surface area contributed by atoms with Crippen molar-refractivity contribution in [3.8, 4) is 5.75 Å². The average molecular weight is 442 g/mol. The Labute approximate surface area is 146 Å². The second kappa shape index (κ2) is 7.99. The third-order valence-electron chi connectivity index (χ3n) is 2.40. The molecule has 0 atom stereocenters. The fourth-order valence-corrected chi connectivity index (χ4v) is 1.54. The molecule has 2 rings (SSSR count). The molecule has 23 heavy (non-hydrogen) atoms. The van der Waals surface area contributed by atoms with Gasteiger partial charge >= 0.3 is 6.36 Å². The van der Waals surface area contributed by atoms with Gasteiger partial charge in [-0.05, 0) is 24.3 Å². The predicted molar refractivity (Wildman–Crippen MR) is 88.5 cm³/mol. The first kappa shape index (κ1) is 19.0. The van der Waals surface area contributed by atoms with Gasteiger partial charge in [0.1, 0.15) is 18.6 Å². The largest absolute Gasteiger partial charge is 0.573 e. The number of anilines is 1. The first-order valence-electron chi connectivity index (χ1n) is 6.09. The molecule has 0 saturated heterocycles. The maximum absolute atomic E-state index is 12.0. The van der Waals surface area contributed by atoms with E-state index in [1.807, 2.05) is 0 Å². The molecule has 3 N–H and O–H groups in total. The lowest BCUT2D eigenvalue weighted by Crippen LogP contribution is -2.22. The van der Waals surface area contributed by atoms with Crippen molar-refractivity contribution in [3.63, 3.8) is 0 Å². The van der Waals surface area contributed by atoms with Gasteiger partial charge in [0.2, 0.25) is 0 Å². The Morgan fingerprint density at radius 2 is 2.00 bits per heavy atom. The highest BCUT2D eigenvalue weighted by Crippen LogP contribution is 2.23. The van der Waals surface area contributed by atoms with Crippen LogP contribution in [0.25, 0.3) is 0 Å². The number of guanidine groups is 1. The SMILES string of the molecule is Cn1cnc(CN=C(N)Nc2ccc(OC(F)(F)F)cc2)n1.I. The zero-order valence-corrected chi connectivity index (χ0v) is 14.2. The lowest BCUT2D eigenvalue weighted by atomic mass is 10.3. The zero-order chi connectivity index (χ0) is 16.2. The molecule has 126 valence electrons. The fourth-order valence-electron chi connectivity index (χ4n) is 1.54. The molecule has 0 aliphatic rings. The van der Waals surface area contributed by atoms with Crippen molar-refractivity contribution in [2.75, 3.05) is 5.32 Å². The van der Waals surface area contributed by atoms with Gasteiger partial charge in [-0.15, -0.1) is 37.1 Å². The number of aliphatic imine (C=N–C) groups is 1. The maximum Gasteiger partial charge on any atom is 0.573 e. The summed E-state index contributed by atoms with van der Waals surface area (Å²) in [7, 11) is 1.73. The number of rotatable bonds is 4. The van der Waals surface area contributed by atoms with Crippen LogP contribution in [0.1, 0.15) is 5.82 Å². The molecule has 0 radical (unpaired) electrons. The van der Waals surface area contributed by atoms with Crippen molar-refractivity contribution in [1.29, 1.82) is 0 Å². The highest BCUT2D eigenvalue weighted by molar-refractivity contribution is 14.0. The normalized spacial score (nSPS) is 11.7. The van der Waals surface area contributed by atoms with Crippen LogP contribution in [0.4, 0.5) is 18.9 Å². The van der Waals surface area contributed by atoms with Gasteiger partial charge in [-0.1, -0.05) is 0 Å². The smallest absolute Gasteiger partial charge is 0.406 e. The second-order valence-electron chi connectivity index (χ2n) is 4.23. The van der Waals surface area contributed by atoms with Gasteiger partial charge in [-0.2, -0.15) is 5.10 Å². The van der Waals surface area contributed by atoms with Gasteiger partial charge in [0.25, 0.3) is 0 Å². The molecule has 1 aromatic carbocycles. The summed E-state index contributed by atoms with van der Waals surface area (Å²) in [6, 6.07) is 5.12. The molecule has 0 aliphatic carbocycles. The molecular weight excluding hydrogens is 428 g/mol. The number of ether oxygens (including phenoxy) is 1. The molecule has 1 aromatic heterocycles. The number of nitrogens with zero attached hydrogens (tertiary/aromatic N) is 4. The summed E-state index contributed by atoms with van der Waals surface area (Å²) in [6.07, 6.45) is -3.18. The van der Waals surface area contributed by atoms with E-state index < -0.39 is 6.36 Å². The van der Waals surface area contributed by atoms with Crippen LogP contribution in [0.3, 0.4) is 0 Å². The minimum absolute atomic E-state index is 0. The molecule has 0 bridgehead atoms. The Morgan fingerprint density at radius 1 is 1.35 bits per heavy atom. The first-order valence-corrected chi connectivity index (χ1v) is 6.09. The lowest BCUT2D eigenvalue weighted by Gasteiger charge is -2.10. The molecule has 0 spiro atoms. The van der Waals surface area contributed by atoms with Gasteiger partial charge in [0, 0.05) is 12.7 Å². The molecule has 11 heteroatoms. The van der Waals surface area contributed by atoms with E-state index in [9.17, 15) is 13.2 Å². The van der Waals surface area contributed by atoms with Gasteiger partial charge in [-0.25, -0.2) is 9.98 Å². The number of aromatic nitrogens is 3. The van der Waals surface area contributed by atoms with Crippen molar-refractivity contribution >= 4 is 35.6 Å². The number of halogens is 4. The standard InChI is InChI=1S/C12H13F3N6O.HI/c1-21-7-18-10(20-21)6-17-11(16)19-8-2-4-9(5-3-8)22-12(13,14)15;/h2-5,7H,6H2,1H3,(H3,16,17,19);1H. The molecule has 1 heterocycles. The molecule has 0 unspecified atom stereocenters. The third-order valence-corrected chi connectivity index (χ3v) is 2.40. The Kier molecular flexibility index (Phi) is 6.60. The summed E-state index contributed by atoms with van der Waals surface area (Å²) in [4.78, 5) is 8.00. The number of hydrogen-bond acceptors (Lipinski definition) is 4. The number of alkyl halides is 3. The monoisotopic (exact) mass is 442 g/mol. The van der Waals surface area contributed by atoms with Crippen molar-refractivity contribution in [2.24, 2.45) is 17.8 Å². The number of aryl methyl sites for hydroxylation is 1. The molecule has 7 nitrogen and oxygen atoms in total. The summed E-state index contributed by atoms with van der Waals surface area (Å²) >= 11 is 0. The summed E-state index contributed by atoms with van der Waals surface area (Å²) in [5, 5.41) is 6.77. The van der Waals surface area contributed by atoms with Crippen molar-refractivity contribution in [3.05, 3.63) is 36.4 Å². The van der Waals surface area contributed by atoms with E-state index in [1.165, 1.54) is 35.3 Å². The van der Waals surface area contributed by atoms with E-state index in [0.29, 0.717) is 11.5 Å². The predicted octanol–water partition coefficient (Wildman–Crippen LogP) is 2.26. The Morgan fingerprint density at radius 3 is 2.52 bits per heavy atom. The second-order valence-corrected chi connectivity index (χ2v) is 4.23. The summed E-state index contributed by atoms with van der Waals surface area (Å²) in [6.45, 7) is 0.189. The summed E-state index contributed by atoms with van der Waals surface area (Å²) in [5.41, 5.74) is 6.14. The Bertz CT molecular complexity index is 656. The molecule has 0 amide bonds. The van der Waals surface area contributed by atoms with E-state index in [1.54, 1.807) is 7.05 Å². The van der Waals surface area contributed by atoms with Crippen LogP contribution in [0.5, 0.6) is 5.75 Å². The maximum atomic E-state index is 12.0. The topological polar surface area (TPSA) is 90.4 Å². The third kappa shape index (κ3) is 6.71. The van der Waals surface area contributed by atoms with E-state index in [-0.39, 0.29) is 42.2 Å². The van der Waals surface area contributed by atoms with E-state index >= 15 is 0 Å². The highest BCUT2D eigenvalue weighted by Gasteiger charge is 2.30. The van der Waals surface area contributed by atoms with Crippen LogP contribution in [-0.2, 0) is 13.6 Å². The lowest BCUT2D eigenvalue weighted by molar-refractivity contribution is -0.274. The average Bonchev–Trinajstić information content (AvgIpc) is 2.83. The molecule has 0 fully saturated rings. The van der Waals surface area contributed by atoms with Crippen LogP contribution < -0.4 is 15.8 Å². The van der Waals surface area contributed by atoms with Crippen LogP contribution in [0, 0.1) is 0 Å². The number of nitrogens with one attached hydrogen (secondary N) is 1. The van der Waals surface area contributed by atoms with Crippen molar-refractivity contribution < 1.29 is 17.9 Å².